The molecule has 1 N–H and O–H groups in total. The largest absolute Gasteiger partial charge is 0.393 e. The Balaban J connectivity index is 2.00. The van der Waals surface area contributed by atoms with Crippen molar-refractivity contribution < 1.29 is 14.8 Å². The molecule has 0 unspecified atom stereocenters. The first kappa shape index (κ1) is 16.1. The molecule has 2 bridgehead atoms. The number of nitro benzene ring substituents is 1. The summed E-state index contributed by atoms with van der Waals surface area (Å²) in [4.78, 5) is 11.0. The topological polar surface area (TPSA) is 72.6 Å². The van der Waals surface area contributed by atoms with Gasteiger partial charge in [-0.05, 0) is 27.2 Å². The maximum Gasteiger partial charge on any atom is 0.273 e. The third-order valence-corrected chi connectivity index (χ3v) is 4.72. The van der Waals surface area contributed by atoms with Gasteiger partial charge in [0.15, 0.2) is 0 Å². The molecule has 5 heteroatoms. The van der Waals surface area contributed by atoms with Gasteiger partial charge in [0.1, 0.15) is 0 Å². The van der Waals surface area contributed by atoms with Crippen molar-refractivity contribution in [2.45, 2.75) is 50.9 Å². The number of rotatable bonds is 3. The van der Waals surface area contributed by atoms with Gasteiger partial charge < -0.3 is 9.84 Å². The lowest BCUT2D eigenvalue weighted by molar-refractivity contribution is -0.385. The standard InChI is InChI=1S/C18H23NO4/c1-18(2,3)23-17-11-8-9-13(16(17)15(20)10-11)12-6-4-5-7-14(12)19(21)22/h4-9,11,13,15-17,20H,10H2,1-3H3/t11-,13+,15-,16+,17-/m1/s1. The maximum absolute atomic E-state index is 11.3. The summed E-state index contributed by atoms with van der Waals surface area (Å²) in [7, 11) is 0. The Kier molecular flexibility index (Phi) is 4.02. The molecule has 5 nitrogen and oxygen atoms in total. The van der Waals surface area contributed by atoms with Gasteiger partial charge in [-0.3, -0.25) is 10.1 Å². The van der Waals surface area contributed by atoms with E-state index < -0.39 is 6.10 Å². The normalized spacial score (nSPS) is 33.0. The summed E-state index contributed by atoms with van der Waals surface area (Å²) in [5.74, 6) is -0.170. The summed E-state index contributed by atoms with van der Waals surface area (Å²) in [5, 5.41) is 21.9. The summed E-state index contributed by atoms with van der Waals surface area (Å²) in [5.41, 5.74) is 0.443. The third kappa shape index (κ3) is 3.03. The first-order chi connectivity index (χ1) is 10.8. The molecule has 1 aromatic carbocycles. The van der Waals surface area contributed by atoms with E-state index >= 15 is 0 Å². The lowest BCUT2D eigenvalue weighted by Crippen LogP contribution is -2.39. The quantitative estimate of drug-likeness (QED) is 0.526. The Labute approximate surface area is 136 Å². The van der Waals surface area contributed by atoms with Crippen LogP contribution in [-0.2, 0) is 4.74 Å². The number of hydrogen-bond donors (Lipinski definition) is 1. The smallest absolute Gasteiger partial charge is 0.273 e. The molecular weight excluding hydrogens is 294 g/mol. The van der Waals surface area contributed by atoms with Crippen LogP contribution in [0, 0.1) is 22.0 Å². The van der Waals surface area contributed by atoms with E-state index in [0.717, 1.165) is 0 Å². The van der Waals surface area contributed by atoms with E-state index in [-0.39, 0.29) is 40.1 Å². The van der Waals surface area contributed by atoms with Crippen molar-refractivity contribution >= 4 is 5.69 Å². The first-order valence-corrected chi connectivity index (χ1v) is 8.05. The Morgan fingerprint density at radius 2 is 1.96 bits per heavy atom. The molecule has 2 aliphatic carbocycles. The van der Waals surface area contributed by atoms with Gasteiger partial charge in [0.05, 0.1) is 22.7 Å². The van der Waals surface area contributed by atoms with Gasteiger partial charge in [-0.15, -0.1) is 0 Å². The SMILES string of the molecule is CC(C)(C)O[C@H]1[C@@H]2[C@H](O)C[C@H]1C=C[C@H]2c1ccccc1[N+](=O)[O-]. The molecule has 124 valence electrons. The van der Waals surface area contributed by atoms with Crippen LogP contribution in [0.4, 0.5) is 5.69 Å². The van der Waals surface area contributed by atoms with Crippen LogP contribution in [0.2, 0.25) is 0 Å². The number of aliphatic hydroxyl groups excluding tert-OH is 1. The van der Waals surface area contributed by atoms with Gasteiger partial charge in [0, 0.05) is 29.4 Å². The highest BCUT2D eigenvalue weighted by Gasteiger charge is 2.50. The van der Waals surface area contributed by atoms with Crippen LogP contribution in [0.15, 0.2) is 36.4 Å². The van der Waals surface area contributed by atoms with Crippen molar-refractivity contribution in [1.29, 1.82) is 0 Å². The number of benzene rings is 1. The second kappa shape index (κ2) is 5.73. The molecular formula is C18H23NO4. The van der Waals surface area contributed by atoms with Crippen LogP contribution in [0.3, 0.4) is 0 Å². The monoisotopic (exact) mass is 317 g/mol. The highest BCUT2D eigenvalue weighted by molar-refractivity contribution is 5.46. The molecule has 1 fully saturated rings. The van der Waals surface area contributed by atoms with Crippen LogP contribution in [-0.4, -0.2) is 27.8 Å². The maximum atomic E-state index is 11.3. The molecule has 3 rings (SSSR count). The van der Waals surface area contributed by atoms with E-state index in [1.165, 1.54) is 6.07 Å². The summed E-state index contributed by atoms with van der Waals surface area (Å²) >= 11 is 0. The minimum atomic E-state index is -0.507. The highest BCUT2D eigenvalue weighted by Crippen LogP contribution is 2.50. The van der Waals surface area contributed by atoms with Gasteiger partial charge in [0.25, 0.3) is 5.69 Å². The van der Waals surface area contributed by atoms with Crippen molar-refractivity contribution in [3.63, 3.8) is 0 Å². The van der Waals surface area contributed by atoms with Crippen LogP contribution < -0.4 is 0 Å². The average Bonchev–Trinajstić information content (AvgIpc) is 2.65. The van der Waals surface area contributed by atoms with E-state index in [2.05, 4.69) is 6.08 Å². The molecule has 0 aromatic heterocycles. The summed E-state index contributed by atoms with van der Waals surface area (Å²) < 4.78 is 6.21. The van der Waals surface area contributed by atoms with E-state index in [9.17, 15) is 15.2 Å². The lowest BCUT2D eigenvalue weighted by atomic mass is 9.77. The van der Waals surface area contributed by atoms with Crippen LogP contribution in [0.1, 0.15) is 38.7 Å². The number of nitro groups is 1. The zero-order chi connectivity index (χ0) is 16.8. The van der Waals surface area contributed by atoms with E-state index in [1.54, 1.807) is 12.1 Å². The zero-order valence-corrected chi connectivity index (χ0v) is 13.7. The molecule has 23 heavy (non-hydrogen) atoms. The molecule has 2 aliphatic rings. The minimum absolute atomic E-state index is 0.106. The van der Waals surface area contributed by atoms with Crippen molar-refractivity contribution in [3.8, 4) is 0 Å². The first-order valence-electron chi connectivity index (χ1n) is 8.05. The predicted molar refractivity (Wildman–Crippen MR) is 87.2 cm³/mol. The Morgan fingerprint density at radius 3 is 2.61 bits per heavy atom. The number of allylic oxidation sites excluding steroid dienone is 1. The fraction of sp³-hybridized carbons (Fsp3) is 0.556. The summed E-state index contributed by atoms with van der Waals surface area (Å²) in [6, 6.07) is 6.79. The molecule has 5 atom stereocenters. The Hall–Kier alpha value is -1.72. The molecule has 0 spiro atoms. The zero-order valence-electron chi connectivity index (χ0n) is 13.7. The number of fused-ring (bicyclic) bond motifs is 2. The Morgan fingerprint density at radius 1 is 1.26 bits per heavy atom. The second-order valence-electron chi connectivity index (χ2n) is 7.47. The second-order valence-corrected chi connectivity index (χ2v) is 7.47. The molecule has 0 radical (unpaired) electrons. The van der Waals surface area contributed by atoms with Gasteiger partial charge in [-0.2, -0.15) is 0 Å². The Bertz CT molecular complexity index is 634. The fourth-order valence-corrected chi connectivity index (χ4v) is 3.92. The highest BCUT2D eigenvalue weighted by atomic mass is 16.6. The van der Waals surface area contributed by atoms with Gasteiger partial charge in [-0.25, -0.2) is 0 Å². The summed E-state index contributed by atoms with van der Waals surface area (Å²) in [6.45, 7) is 5.99. The molecule has 0 aliphatic heterocycles. The van der Waals surface area contributed by atoms with E-state index in [1.807, 2.05) is 32.9 Å². The molecule has 0 saturated heterocycles. The average molecular weight is 317 g/mol. The fourth-order valence-electron chi connectivity index (χ4n) is 3.92. The molecule has 1 saturated carbocycles. The minimum Gasteiger partial charge on any atom is -0.393 e. The van der Waals surface area contributed by atoms with Gasteiger partial charge >= 0.3 is 0 Å². The number of aliphatic hydroxyl groups is 1. The van der Waals surface area contributed by atoms with Crippen molar-refractivity contribution in [1.82, 2.24) is 0 Å². The van der Waals surface area contributed by atoms with Gasteiger partial charge in [-0.1, -0.05) is 30.4 Å². The van der Waals surface area contributed by atoms with Crippen molar-refractivity contribution in [3.05, 3.63) is 52.1 Å². The molecule has 0 amide bonds. The molecule has 1 aromatic rings. The van der Waals surface area contributed by atoms with Crippen LogP contribution in [0.5, 0.6) is 0 Å². The van der Waals surface area contributed by atoms with E-state index in [0.29, 0.717) is 12.0 Å². The van der Waals surface area contributed by atoms with Crippen LogP contribution >= 0.6 is 0 Å². The van der Waals surface area contributed by atoms with Gasteiger partial charge in [0.2, 0.25) is 0 Å². The van der Waals surface area contributed by atoms with Crippen molar-refractivity contribution in [2.24, 2.45) is 11.8 Å². The number of hydrogen-bond acceptors (Lipinski definition) is 4. The number of para-hydroxylation sites is 1. The lowest BCUT2D eigenvalue weighted by Gasteiger charge is -2.37. The van der Waals surface area contributed by atoms with Crippen LogP contribution in [0.25, 0.3) is 0 Å². The van der Waals surface area contributed by atoms with E-state index in [4.69, 9.17) is 4.74 Å². The van der Waals surface area contributed by atoms with Crippen molar-refractivity contribution in [2.75, 3.05) is 0 Å². The number of ether oxygens (including phenoxy) is 1. The third-order valence-electron chi connectivity index (χ3n) is 4.72. The summed E-state index contributed by atoms with van der Waals surface area (Å²) in [6.07, 6.45) is 4.10. The molecule has 0 heterocycles. The predicted octanol–water partition coefficient (Wildman–Crippen LogP) is 3.43. The number of nitrogens with zero attached hydrogens (tertiary/aromatic N) is 1.